The zero-order valence-corrected chi connectivity index (χ0v) is 12.1. The van der Waals surface area contributed by atoms with Gasteiger partial charge in [0, 0.05) is 11.8 Å². The molecule has 23 heavy (non-hydrogen) atoms. The maximum Gasteiger partial charge on any atom is 0.166 e. The van der Waals surface area contributed by atoms with Crippen molar-refractivity contribution < 1.29 is 13.5 Å². The highest BCUT2D eigenvalue weighted by Crippen LogP contribution is 2.28. The number of hydrogen-bond donors (Lipinski definition) is 1. The number of nitrogens with zero attached hydrogens (tertiary/aromatic N) is 1. The maximum atomic E-state index is 13.6. The van der Waals surface area contributed by atoms with E-state index in [-0.39, 0.29) is 23.7 Å². The van der Waals surface area contributed by atoms with E-state index in [1.807, 2.05) is 12.1 Å². The van der Waals surface area contributed by atoms with Crippen LogP contribution in [0.4, 0.5) is 14.6 Å². The molecule has 115 valence electrons. The molecule has 1 heterocycles. The van der Waals surface area contributed by atoms with E-state index in [0.717, 1.165) is 11.1 Å². The number of pyridine rings is 1. The third kappa shape index (κ3) is 3.29. The quantitative estimate of drug-likeness (QED) is 0.792. The number of nitrogens with two attached hydrogens (primary N) is 1. The second-order valence-corrected chi connectivity index (χ2v) is 4.88. The Morgan fingerprint density at radius 3 is 2.43 bits per heavy atom. The molecule has 0 aliphatic rings. The fourth-order valence-electron chi connectivity index (χ4n) is 2.13. The lowest BCUT2D eigenvalue weighted by atomic mass is 10.1. The lowest BCUT2D eigenvalue weighted by Gasteiger charge is -2.11. The monoisotopic (exact) mass is 311 g/mol. The van der Waals surface area contributed by atoms with E-state index in [9.17, 15) is 8.78 Å². The van der Waals surface area contributed by atoms with Gasteiger partial charge in [-0.15, -0.1) is 0 Å². The third-order valence-corrected chi connectivity index (χ3v) is 3.37. The van der Waals surface area contributed by atoms with E-state index >= 15 is 0 Å². The summed E-state index contributed by atoms with van der Waals surface area (Å²) in [6, 6.07) is 15.6. The first-order valence-corrected chi connectivity index (χ1v) is 6.93. The lowest BCUT2D eigenvalue weighted by Crippen LogP contribution is -2.04. The van der Waals surface area contributed by atoms with Crippen molar-refractivity contribution in [1.82, 2.24) is 4.98 Å². The lowest BCUT2D eigenvalue weighted by molar-refractivity contribution is 0.293. The number of aromatic nitrogens is 1. The molecule has 0 unspecified atom stereocenters. The van der Waals surface area contributed by atoms with Crippen molar-refractivity contribution in [3.05, 3.63) is 78.0 Å². The van der Waals surface area contributed by atoms with Gasteiger partial charge in [-0.3, -0.25) is 0 Å². The summed E-state index contributed by atoms with van der Waals surface area (Å²) in [7, 11) is 0. The van der Waals surface area contributed by atoms with Crippen molar-refractivity contribution in [2.45, 2.75) is 6.61 Å². The molecule has 2 aromatic carbocycles. The number of ether oxygens (including phenoxy) is 1. The van der Waals surface area contributed by atoms with Crippen LogP contribution in [0.25, 0.3) is 11.1 Å². The van der Waals surface area contributed by atoms with Crippen molar-refractivity contribution in [3.63, 3.8) is 0 Å². The molecule has 5 heteroatoms. The molecule has 3 rings (SSSR count). The molecule has 0 saturated heterocycles. The standard InChI is InChI=1S/C18H13F2N2O/c19-15-7-4-8-16(20)14(15)11-23-17-9-13(10-22-18(17)21)12-5-2-1-3-6-12/h2-10H,11H2,(H2,21,22). The molecule has 2 N–H and O–H groups in total. The maximum absolute atomic E-state index is 13.6. The zero-order chi connectivity index (χ0) is 16.2. The normalized spacial score (nSPS) is 10.5. The molecule has 0 bridgehead atoms. The summed E-state index contributed by atoms with van der Waals surface area (Å²) < 4.78 is 32.7. The van der Waals surface area contributed by atoms with Gasteiger partial charge in [0.15, 0.2) is 11.6 Å². The van der Waals surface area contributed by atoms with E-state index in [1.54, 1.807) is 24.4 Å². The molecule has 0 spiro atoms. The molecule has 0 atom stereocenters. The molecule has 0 aliphatic heterocycles. The average molecular weight is 311 g/mol. The third-order valence-electron chi connectivity index (χ3n) is 3.37. The van der Waals surface area contributed by atoms with Crippen LogP contribution in [-0.2, 0) is 6.61 Å². The fourth-order valence-corrected chi connectivity index (χ4v) is 2.13. The summed E-state index contributed by atoms with van der Waals surface area (Å²) in [6.07, 6.45) is 1.61. The van der Waals surface area contributed by atoms with Gasteiger partial charge < -0.3 is 10.5 Å². The first-order chi connectivity index (χ1) is 11.1. The largest absolute Gasteiger partial charge is 0.485 e. The van der Waals surface area contributed by atoms with Gasteiger partial charge in [0.2, 0.25) is 0 Å². The van der Waals surface area contributed by atoms with E-state index in [1.165, 1.54) is 18.2 Å². The number of anilines is 1. The van der Waals surface area contributed by atoms with Crippen LogP contribution >= 0.6 is 0 Å². The molecular formula is C18H13F2N2O. The van der Waals surface area contributed by atoms with Crippen LogP contribution < -0.4 is 10.5 Å². The Balaban J connectivity index is 1.86. The number of benzene rings is 2. The van der Waals surface area contributed by atoms with Gasteiger partial charge in [-0.25, -0.2) is 13.8 Å². The highest BCUT2D eigenvalue weighted by atomic mass is 19.1. The van der Waals surface area contributed by atoms with E-state index in [4.69, 9.17) is 10.5 Å². The van der Waals surface area contributed by atoms with Crippen LogP contribution in [0, 0.1) is 17.7 Å². The summed E-state index contributed by atoms with van der Waals surface area (Å²) in [5, 5.41) is 0. The minimum absolute atomic E-state index is 0.147. The molecule has 0 saturated carbocycles. The summed E-state index contributed by atoms with van der Waals surface area (Å²) in [5.74, 6) is -0.886. The summed E-state index contributed by atoms with van der Waals surface area (Å²) in [6.45, 7) is -0.267. The van der Waals surface area contributed by atoms with Gasteiger partial charge in [0.05, 0.1) is 5.56 Å². The van der Waals surface area contributed by atoms with Gasteiger partial charge in [-0.05, 0) is 29.8 Å². The van der Waals surface area contributed by atoms with Gasteiger partial charge in [-0.2, -0.15) is 0 Å². The highest BCUT2D eigenvalue weighted by molar-refractivity contribution is 5.66. The molecule has 0 fully saturated rings. The second kappa shape index (κ2) is 6.44. The Morgan fingerprint density at radius 2 is 1.74 bits per heavy atom. The summed E-state index contributed by atoms with van der Waals surface area (Å²) in [4.78, 5) is 4.07. The highest BCUT2D eigenvalue weighted by Gasteiger charge is 2.11. The van der Waals surface area contributed by atoms with Gasteiger partial charge in [0.25, 0.3) is 0 Å². The summed E-state index contributed by atoms with van der Waals surface area (Å²) >= 11 is 0. The Bertz CT molecular complexity index is 802. The smallest absolute Gasteiger partial charge is 0.166 e. The van der Waals surface area contributed by atoms with Crippen molar-refractivity contribution in [3.8, 4) is 16.9 Å². The number of hydrogen-bond acceptors (Lipinski definition) is 3. The predicted molar refractivity (Wildman–Crippen MR) is 83.6 cm³/mol. The molecule has 1 radical (unpaired) electrons. The van der Waals surface area contributed by atoms with Gasteiger partial charge in [-0.1, -0.05) is 30.3 Å². The fraction of sp³-hybridized carbons (Fsp3) is 0.0556. The zero-order valence-electron chi connectivity index (χ0n) is 12.1. The van der Waals surface area contributed by atoms with Crippen molar-refractivity contribution >= 4 is 5.82 Å². The van der Waals surface area contributed by atoms with Crippen LogP contribution in [0.5, 0.6) is 5.75 Å². The number of nitrogen functional groups attached to an aromatic ring is 1. The minimum atomic E-state index is -0.661. The predicted octanol–water partition coefficient (Wildman–Crippen LogP) is 3.99. The van der Waals surface area contributed by atoms with Crippen LogP contribution in [0.3, 0.4) is 0 Å². The molecule has 3 aromatic rings. The minimum Gasteiger partial charge on any atom is -0.485 e. The van der Waals surface area contributed by atoms with Gasteiger partial charge in [0.1, 0.15) is 18.2 Å². The SMILES string of the molecule is Nc1ncc(-c2cc[c]cc2)cc1OCc1c(F)cccc1F. The van der Waals surface area contributed by atoms with E-state index in [2.05, 4.69) is 11.1 Å². The average Bonchev–Trinajstić information content (AvgIpc) is 2.57. The Kier molecular flexibility index (Phi) is 4.19. The molecule has 3 nitrogen and oxygen atoms in total. The Morgan fingerprint density at radius 1 is 1.04 bits per heavy atom. The molecule has 0 aliphatic carbocycles. The first-order valence-electron chi connectivity index (χ1n) is 6.93. The molecule has 1 aromatic heterocycles. The Labute approximate surface area is 132 Å². The number of rotatable bonds is 4. The summed E-state index contributed by atoms with van der Waals surface area (Å²) in [5.41, 5.74) is 7.34. The number of halogens is 2. The van der Waals surface area contributed by atoms with Crippen molar-refractivity contribution in [1.29, 1.82) is 0 Å². The second-order valence-electron chi connectivity index (χ2n) is 4.88. The van der Waals surface area contributed by atoms with Gasteiger partial charge >= 0.3 is 0 Å². The van der Waals surface area contributed by atoms with Crippen molar-refractivity contribution in [2.24, 2.45) is 0 Å². The molecule has 0 amide bonds. The topological polar surface area (TPSA) is 48.1 Å². The van der Waals surface area contributed by atoms with Crippen LogP contribution in [0.2, 0.25) is 0 Å². The van der Waals surface area contributed by atoms with E-state index < -0.39 is 11.6 Å². The van der Waals surface area contributed by atoms with Crippen LogP contribution in [0.15, 0.2) is 54.7 Å². The van der Waals surface area contributed by atoms with Crippen LogP contribution in [0.1, 0.15) is 5.56 Å². The molecular weight excluding hydrogens is 298 g/mol. The van der Waals surface area contributed by atoms with Crippen LogP contribution in [-0.4, -0.2) is 4.98 Å². The van der Waals surface area contributed by atoms with E-state index in [0.29, 0.717) is 0 Å². The van der Waals surface area contributed by atoms with Crippen molar-refractivity contribution in [2.75, 3.05) is 5.73 Å². The Hall–Kier alpha value is -2.95. The first kappa shape index (κ1) is 15.0.